The molecular formula is C14H13BrO2S. The van der Waals surface area contributed by atoms with Gasteiger partial charge in [0.15, 0.2) is 5.78 Å². The molecule has 4 heteroatoms. The van der Waals surface area contributed by atoms with Crippen LogP contribution in [-0.4, -0.2) is 19.0 Å². The van der Waals surface area contributed by atoms with Crippen LogP contribution in [0.5, 0.6) is 0 Å². The van der Waals surface area contributed by atoms with E-state index in [9.17, 15) is 4.79 Å². The van der Waals surface area contributed by atoms with Crippen molar-refractivity contribution in [2.24, 2.45) is 0 Å². The molecule has 0 aliphatic carbocycles. The zero-order chi connectivity index (χ0) is 12.8. The average Bonchev–Trinajstić information content (AvgIpc) is 2.87. The summed E-state index contributed by atoms with van der Waals surface area (Å²) in [6, 6.07) is 11.5. The maximum atomic E-state index is 11.8. The number of ether oxygens (including phenoxy) is 1. The number of thiophene rings is 1. The summed E-state index contributed by atoms with van der Waals surface area (Å²) in [5.41, 5.74) is 0.681. The van der Waals surface area contributed by atoms with Crippen LogP contribution in [0.1, 0.15) is 15.2 Å². The molecule has 0 spiro atoms. The van der Waals surface area contributed by atoms with Crippen molar-refractivity contribution in [3.8, 4) is 0 Å². The van der Waals surface area contributed by atoms with Crippen molar-refractivity contribution < 1.29 is 9.53 Å². The van der Waals surface area contributed by atoms with Crippen LogP contribution < -0.4 is 0 Å². The Hall–Kier alpha value is -0.970. The first kappa shape index (κ1) is 13.5. The summed E-state index contributed by atoms with van der Waals surface area (Å²) in [5.74, 6) is 0.0162. The molecule has 1 heterocycles. The van der Waals surface area contributed by atoms with Crippen molar-refractivity contribution in [2.45, 2.75) is 6.42 Å². The smallest absolute Gasteiger partial charge is 0.188 e. The van der Waals surface area contributed by atoms with Gasteiger partial charge in [-0.05, 0) is 23.6 Å². The second kappa shape index (κ2) is 6.83. The van der Waals surface area contributed by atoms with E-state index in [2.05, 4.69) is 22.0 Å². The quantitative estimate of drug-likeness (QED) is 0.594. The second-order valence-corrected chi connectivity index (χ2v) is 5.76. The molecule has 0 fully saturated rings. The van der Waals surface area contributed by atoms with E-state index >= 15 is 0 Å². The summed E-state index contributed by atoms with van der Waals surface area (Å²) in [6.07, 6.45) is 0.865. The first-order valence-electron chi connectivity index (χ1n) is 5.64. The zero-order valence-electron chi connectivity index (χ0n) is 9.77. The number of carbonyl (C=O) groups is 1. The first-order chi connectivity index (χ1) is 8.75. The standard InChI is InChI=1S/C14H13BrO2S/c15-12-4-1-3-11(9-12)14(16)10-17-7-6-13-5-2-8-18-13/h1-5,8-9H,6-7,10H2. The number of ketones is 1. The van der Waals surface area contributed by atoms with Crippen molar-refractivity contribution in [3.63, 3.8) is 0 Å². The van der Waals surface area contributed by atoms with E-state index in [4.69, 9.17) is 4.74 Å². The number of rotatable bonds is 6. The number of halogens is 1. The highest BCUT2D eigenvalue weighted by Gasteiger charge is 2.06. The molecule has 94 valence electrons. The molecular weight excluding hydrogens is 312 g/mol. The molecule has 18 heavy (non-hydrogen) atoms. The number of hydrogen-bond donors (Lipinski definition) is 0. The average molecular weight is 325 g/mol. The van der Waals surface area contributed by atoms with E-state index in [1.165, 1.54) is 4.88 Å². The zero-order valence-corrected chi connectivity index (χ0v) is 12.2. The Bertz CT molecular complexity index is 508. The van der Waals surface area contributed by atoms with Crippen molar-refractivity contribution in [2.75, 3.05) is 13.2 Å². The highest BCUT2D eigenvalue weighted by molar-refractivity contribution is 9.10. The maximum Gasteiger partial charge on any atom is 0.188 e. The lowest BCUT2D eigenvalue weighted by molar-refractivity contribution is 0.0766. The van der Waals surface area contributed by atoms with Crippen LogP contribution in [0.4, 0.5) is 0 Å². The van der Waals surface area contributed by atoms with Gasteiger partial charge >= 0.3 is 0 Å². The van der Waals surface area contributed by atoms with Gasteiger partial charge in [-0.15, -0.1) is 11.3 Å². The normalized spacial score (nSPS) is 10.5. The SMILES string of the molecule is O=C(COCCc1cccs1)c1cccc(Br)c1. The van der Waals surface area contributed by atoms with E-state index in [1.807, 2.05) is 29.6 Å². The van der Waals surface area contributed by atoms with Crippen molar-refractivity contribution >= 4 is 33.0 Å². The van der Waals surface area contributed by atoms with E-state index in [-0.39, 0.29) is 12.4 Å². The highest BCUT2D eigenvalue weighted by Crippen LogP contribution is 2.12. The predicted molar refractivity (Wildman–Crippen MR) is 77.3 cm³/mol. The lowest BCUT2D eigenvalue weighted by Crippen LogP contribution is -2.10. The Morgan fingerprint density at radius 2 is 2.17 bits per heavy atom. The largest absolute Gasteiger partial charge is 0.373 e. The third kappa shape index (κ3) is 4.05. The molecule has 0 saturated heterocycles. The summed E-state index contributed by atoms with van der Waals surface area (Å²) in [7, 11) is 0. The maximum absolute atomic E-state index is 11.8. The van der Waals surface area contributed by atoms with Crippen LogP contribution in [0.3, 0.4) is 0 Å². The first-order valence-corrected chi connectivity index (χ1v) is 7.32. The minimum absolute atomic E-state index is 0.0162. The Morgan fingerprint density at radius 1 is 1.28 bits per heavy atom. The van der Waals surface area contributed by atoms with Gasteiger partial charge in [0.2, 0.25) is 0 Å². The molecule has 0 unspecified atom stereocenters. The molecule has 2 rings (SSSR count). The summed E-state index contributed by atoms with van der Waals surface area (Å²) in [6.45, 7) is 0.724. The van der Waals surface area contributed by atoms with Crippen molar-refractivity contribution in [3.05, 3.63) is 56.7 Å². The van der Waals surface area contributed by atoms with Crippen LogP contribution in [0.25, 0.3) is 0 Å². The Balaban J connectivity index is 1.75. The molecule has 0 N–H and O–H groups in total. The highest BCUT2D eigenvalue weighted by atomic mass is 79.9. The molecule has 0 radical (unpaired) electrons. The molecule has 0 amide bonds. The fourth-order valence-electron chi connectivity index (χ4n) is 1.54. The van der Waals surface area contributed by atoms with E-state index in [0.29, 0.717) is 12.2 Å². The summed E-state index contributed by atoms with van der Waals surface area (Å²) < 4.78 is 6.31. The van der Waals surface area contributed by atoms with Gasteiger partial charge < -0.3 is 4.74 Å². The Labute approximate surface area is 119 Å². The van der Waals surface area contributed by atoms with E-state index in [0.717, 1.165) is 10.9 Å². The van der Waals surface area contributed by atoms with Crippen molar-refractivity contribution in [1.82, 2.24) is 0 Å². The van der Waals surface area contributed by atoms with Crippen LogP contribution in [-0.2, 0) is 11.2 Å². The van der Waals surface area contributed by atoms with Crippen LogP contribution in [0.2, 0.25) is 0 Å². The fraction of sp³-hybridized carbons (Fsp3) is 0.214. The number of hydrogen-bond acceptors (Lipinski definition) is 3. The van der Waals surface area contributed by atoms with Gasteiger partial charge in [0, 0.05) is 21.3 Å². The number of carbonyl (C=O) groups excluding carboxylic acids is 1. The molecule has 0 aliphatic heterocycles. The Morgan fingerprint density at radius 3 is 2.89 bits per heavy atom. The molecule has 1 aromatic heterocycles. The molecule has 0 bridgehead atoms. The van der Waals surface area contributed by atoms with Gasteiger partial charge in [-0.25, -0.2) is 0 Å². The molecule has 2 aromatic rings. The lowest BCUT2D eigenvalue weighted by atomic mass is 10.1. The van der Waals surface area contributed by atoms with Crippen LogP contribution in [0.15, 0.2) is 46.3 Å². The van der Waals surface area contributed by atoms with Gasteiger partial charge in [-0.3, -0.25) is 4.79 Å². The molecule has 0 aliphatic rings. The summed E-state index contributed by atoms with van der Waals surface area (Å²) >= 11 is 5.06. The van der Waals surface area contributed by atoms with Gasteiger partial charge in [0.1, 0.15) is 6.61 Å². The molecule has 2 nitrogen and oxygen atoms in total. The second-order valence-electron chi connectivity index (χ2n) is 3.82. The summed E-state index contributed by atoms with van der Waals surface area (Å²) in [4.78, 5) is 13.1. The third-order valence-electron chi connectivity index (χ3n) is 2.45. The number of Topliss-reactive ketones (excluding diaryl/α,β-unsaturated/α-hetero) is 1. The lowest BCUT2D eigenvalue weighted by Gasteiger charge is -2.03. The van der Waals surface area contributed by atoms with E-state index < -0.39 is 0 Å². The van der Waals surface area contributed by atoms with Gasteiger partial charge in [-0.2, -0.15) is 0 Å². The minimum atomic E-state index is 0.0162. The molecule has 0 saturated carbocycles. The van der Waals surface area contributed by atoms with Crippen LogP contribution >= 0.6 is 27.3 Å². The fourth-order valence-corrected chi connectivity index (χ4v) is 2.63. The minimum Gasteiger partial charge on any atom is -0.373 e. The van der Waals surface area contributed by atoms with Gasteiger partial charge in [-0.1, -0.05) is 34.1 Å². The van der Waals surface area contributed by atoms with E-state index in [1.54, 1.807) is 17.4 Å². The summed E-state index contributed by atoms with van der Waals surface area (Å²) in [5, 5.41) is 2.04. The van der Waals surface area contributed by atoms with Crippen LogP contribution in [0, 0.1) is 0 Å². The van der Waals surface area contributed by atoms with Gasteiger partial charge in [0.25, 0.3) is 0 Å². The van der Waals surface area contributed by atoms with Crippen molar-refractivity contribution in [1.29, 1.82) is 0 Å². The third-order valence-corrected chi connectivity index (χ3v) is 3.88. The Kier molecular flexibility index (Phi) is 5.11. The van der Waals surface area contributed by atoms with Gasteiger partial charge in [0.05, 0.1) is 6.61 Å². The molecule has 0 atom stereocenters. The monoisotopic (exact) mass is 324 g/mol. The number of benzene rings is 1. The predicted octanol–water partition coefficient (Wildman–Crippen LogP) is 3.95. The topological polar surface area (TPSA) is 26.3 Å². The molecule has 1 aromatic carbocycles.